The van der Waals surface area contributed by atoms with Gasteiger partial charge < -0.3 is 19.5 Å². The molecule has 1 aromatic rings. The summed E-state index contributed by atoms with van der Waals surface area (Å²) in [6.07, 6.45) is 7.13. The predicted octanol–water partition coefficient (Wildman–Crippen LogP) is 2.24. The number of nitrogens with zero attached hydrogens (tertiary/aromatic N) is 3. The van der Waals surface area contributed by atoms with Gasteiger partial charge in [0.2, 0.25) is 0 Å². The van der Waals surface area contributed by atoms with Crippen LogP contribution in [0.3, 0.4) is 0 Å². The molecule has 0 saturated heterocycles. The topological polar surface area (TPSA) is 41.8 Å². The van der Waals surface area contributed by atoms with Gasteiger partial charge in [0.05, 0.1) is 6.54 Å². The number of hydrogen-bond acceptors (Lipinski definition) is 2. The molecular weight excluding hydrogens is 276 g/mol. The van der Waals surface area contributed by atoms with Crippen LogP contribution >= 0.6 is 0 Å². The van der Waals surface area contributed by atoms with Gasteiger partial charge >= 0.3 is 0 Å². The third-order valence-corrected chi connectivity index (χ3v) is 4.90. The number of aryl methyl sites for hydroxylation is 1. The SMILES string of the molecule is CN=C(NCC1(CCOC)CCC1)N(C)Cc1cccn1C. The number of methoxy groups -OCH3 is 1. The lowest BCUT2D eigenvalue weighted by Gasteiger charge is -2.42. The maximum absolute atomic E-state index is 5.27. The molecule has 0 atom stereocenters. The first-order chi connectivity index (χ1) is 10.6. The lowest BCUT2D eigenvalue weighted by molar-refractivity contribution is 0.0727. The van der Waals surface area contributed by atoms with E-state index in [4.69, 9.17) is 4.74 Å². The van der Waals surface area contributed by atoms with Gasteiger partial charge in [-0.25, -0.2) is 0 Å². The van der Waals surface area contributed by atoms with Crippen molar-refractivity contribution in [2.24, 2.45) is 17.5 Å². The maximum atomic E-state index is 5.27. The minimum atomic E-state index is 0.401. The molecule has 0 amide bonds. The largest absolute Gasteiger partial charge is 0.385 e. The predicted molar refractivity (Wildman–Crippen MR) is 91.0 cm³/mol. The number of ether oxygens (including phenoxy) is 1. The van der Waals surface area contributed by atoms with E-state index in [-0.39, 0.29) is 0 Å². The molecule has 1 fully saturated rings. The van der Waals surface area contributed by atoms with Crippen LogP contribution in [0.5, 0.6) is 0 Å². The van der Waals surface area contributed by atoms with Crippen molar-refractivity contribution in [3.63, 3.8) is 0 Å². The standard InChI is InChI=1S/C17H30N4O/c1-18-16(21(3)13-15-7-5-11-20(15)2)19-14-17(8-6-9-17)10-12-22-4/h5,7,11H,6,8-10,12-14H2,1-4H3,(H,18,19). The van der Waals surface area contributed by atoms with Gasteiger partial charge in [-0.1, -0.05) is 6.42 Å². The fraction of sp³-hybridized carbons (Fsp3) is 0.706. The lowest BCUT2D eigenvalue weighted by atomic mass is 9.67. The maximum Gasteiger partial charge on any atom is 0.193 e. The molecule has 0 unspecified atom stereocenters. The molecule has 0 spiro atoms. The highest BCUT2D eigenvalue weighted by atomic mass is 16.5. The summed E-state index contributed by atoms with van der Waals surface area (Å²) in [5.41, 5.74) is 1.68. The van der Waals surface area contributed by atoms with Crippen molar-refractivity contribution in [3.8, 4) is 0 Å². The van der Waals surface area contributed by atoms with E-state index < -0.39 is 0 Å². The van der Waals surface area contributed by atoms with Gasteiger partial charge in [0.15, 0.2) is 5.96 Å². The zero-order chi connectivity index (χ0) is 16.0. The van der Waals surface area contributed by atoms with Crippen molar-refractivity contribution in [3.05, 3.63) is 24.0 Å². The summed E-state index contributed by atoms with van der Waals surface area (Å²) in [7, 11) is 7.80. The van der Waals surface area contributed by atoms with E-state index in [0.29, 0.717) is 5.41 Å². The fourth-order valence-corrected chi connectivity index (χ4v) is 3.14. The quantitative estimate of drug-likeness (QED) is 0.620. The molecule has 22 heavy (non-hydrogen) atoms. The average Bonchev–Trinajstić information content (AvgIpc) is 2.86. The number of guanidine groups is 1. The van der Waals surface area contributed by atoms with E-state index in [1.807, 2.05) is 7.05 Å². The minimum Gasteiger partial charge on any atom is -0.385 e. The zero-order valence-electron chi connectivity index (χ0n) is 14.4. The van der Waals surface area contributed by atoms with Crippen LogP contribution in [0.25, 0.3) is 0 Å². The summed E-state index contributed by atoms with van der Waals surface area (Å²) < 4.78 is 7.41. The third-order valence-electron chi connectivity index (χ3n) is 4.90. The summed E-state index contributed by atoms with van der Waals surface area (Å²) in [6.45, 7) is 2.69. The van der Waals surface area contributed by atoms with Crippen molar-refractivity contribution in [1.82, 2.24) is 14.8 Å². The molecule has 0 aromatic carbocycles. The Bertz CT molecular complexity index is 491. The number of rotatable bonds is 7. The smallest absolute Gasteiger partial charge is 0.193 e. The van der Waals surface area contributed by atoms with Gasteiger partial charge in [0, 0.05) is 53.3 Å². The Morgan fingerprint density at radius 2 is 2.27 bits per heavy atom. The molecule has 1 aromatic heterocycles. The van der Waals surface area contributed by atoms with Crippen LogP contribution in [0.15, 0.2) is 23.3 Å². The molecule has 5 nitrogen and oxygen atoms in total. The first-order valence-corrected chi connectivity index (χ1v) is 8.11. The van der Waals surface area contributed by atoms with Gasteiger partial charge in [-0.2, -0.15) is 0 Å². The van der Waals surface area contributed by atoms with Crippen molar-refractivity contribution in [2.45, 2.75) is 32.2 Å². The molecule has 1 heterocycles. The lowest BCUT2D eigenvalue weighted by Crippen LogP contribution is -2.47. The van der Waals surface area contributed by atoms with Crippen LogP contribution in [0, 0.1) is 5.41 Å². The van der Waals surface area contributed by atoms with Gasteiger partial charge in [-0.05, 0) is 36.8 Å². The van der Waals surface area contributed by atoms with Gasteiger partial charge in [0.25, 0.3) is 0 Å². The second-order valence-corrected chi connectivity index (χ2v) is 6.46. The monoisotopic (exact) mass is 306 g/mol. The van der Waals surface area contributed by atoms with Crippen LogP contribution in [0.4, 0.5) is 0 Å². The van der Waals surface area contributed by atoms with Crippen molar-refractivity contribution in [2.75, 3.05) is 34.4 Å². The van der Waals surface area contributed by atoms with E-state index >= 15 is 0 Å². The van der Waals surface area contributed by atoms with E-state index in [2.05, 4.69) is 52.2 Å². The normalized spacial score (nSPS) is 17.2. The molecule has 0 aliphatic heterocycles. The van der Waals surface area contributed by atoms with Crippen molar-refractivity contribution in [1.29, 1.82) is 0 Å². The van der Waals surface area contributed by atoms with Crippen molar-refractivity contribution < 1.29 is 4.74 Å². The number of aliphatic imine (C=N–C) groups is 1. The highest BCUT2D eigenvalue weighted by Crippen LogP contribution is 2.43. The molecule has 1 aliphatic rings. The molecule has 1 aliphatic carbocycles. The Hall–Kier alpha value is -1.49. The van der Waals surface area contributed by atoms with E-state index in [9.17, 15) is 0 Å². The molecular formula is C17H30N4O. The second kappa shape index (κ2) is 7.68. The Labute approximate surface area is 134 Å². The molecule has 0 radical (unpaired) electrons. The Morgan fingerprint density at radius 1 is 1.50 bits per heavy atom. The third kappa shape index (κ3) is 4.03. The zero-order valence-corrected chi connectivity index (χ0v) is 14.4. The highest BCUT2D eigenvalue weighted by Gasteiger charge is 2.36. The summed E-state index contributed by atoms with van der Waals surface area (Å²) in [4.78, 5) is 6.61. The Balaban J connectivity index is 1.87. The summed E-state index contributed by atoms with van der Waals surface area (Å²) >= 11 is 0. The highest BCUT2D eigenvalue weighted by molar-refractivity contribution is 5.79. The summed E-state index contributed by atoms with van der Waals surface area (Å²) in [6, 6.07) is 4.23. The number of hydrogen-bond donors (Lipinski definition) is 1. The molecule has 1 N–H and O–H groups in total. The average molecular weight is 306 g/mol. The summed E-state index contributed by atoms with van der Waals surface area (Å²) in [5, 5.41) is 3.56. The van der Waals surface area contributed by atoms with Crippen molar-refractivity contribution >= 4 is 5.96 Å². The van der Waals surface area contributed by atoms with Gasteiger partial charge in [-0.15, -0.1) is 0 Å². The van der Waals surface area contributed by atoms with E-state index in [1.54, 1.807) is 7.11 Å². The van der Waals surface area contributed by atoms with Crippen LogP contribution in [-0.4, -0.2) is 49.8 Å². The molecule has 2 rings (SSSR count). The molecule has 1 saturated carbocycles. The van der Waals surface area contributed by atoms with Gasteiger partial charge in [-0.3, -0.25) is 4.99 Å². The summed E-state index contributed by atoms with van der Waals surface area (Å²) in [5.74, 6) is 0.963. The Morgan fingerprint density at radius 3 is 2.77 bits per heavy atom. The van der Waals surface area contributed by atoms with E-state index in [1.165, 1.54) is 25.0 Å². The van der Waals surface area contributed by atoms with Crippen LogP contribution in [-0.2, 0) is 18.3 Å². The minimum absolute atomic E-state index is 0.401. The molecule has 0 bridgehead atoms. The fourth-order valence-electron chi connectivity index (χ4n) is 3.14. The van der Waals surface area contributed by atoms with Crippen LogP contribution in [0.2, 0.25) is 0 Å². The first-order valence-electron chi connectivity index (χ1n) is 8.11. The second-order valence-electron chi connectivity index (χ2n) is 6.46. The van der Waals surface area contributed by atoms with Crippen LogP contribution in [0.1, 0.15) is 31.4 Å². The first kappa shape index (κ1) is 16.9. The number of aromatic nitrogens is 1. The van der Waals surface area contributed by atoms with E-state index in [0.717, 1.165) is 32.1 Å². The van der Waals surface area contributed by atoms with Gasteiger partial charge in [0.1, 0.15) is 0 Å². The number of nitrogens with one attached hydrogen (secondary N) is 1. The molecule has 124 valence electrons. The Kier molecular flexibility index (Phi) is 5.89. The molecule has 5 heteroatoms. The van der Waals surface area contributed by atoms with Crippen LogP contribution < -0.4 is 5.32 Å².